The summed E-state index contributed by atoms with van der Waals surface area (Å²) < 4.78 is 9.96. The van der Waals surface area contributed by atoms with E-state index in [-0.39, 0.29) is 5.97 Å². The van der Waals surface area contributed by atoms with Gasteiger partial charge in [-0.05, 0) is 31.2 Å². The number of nitrogens with zero attached hydrogens (tertiary/aromatic N) is 4. The van der Waals surface area contributed by atoms with E-state index in [2.05, 4.69) is 11.3 Å². The minimum absolute atomic E-state index is 0.279. The van der Waals surface area contributed by atoms with Gasteiger partial charge in [-0.15, -0.1) is 0 Å². The van der Waals surface area contributed by atoms with Crippen molar-refractivity contribution in [3.63, 3.8) is 0 Å². The van der Waals surface area contributed by atoms with Crippen molar-refractivity contribution in [2.24, 2.45) is 0 Å². The van der Waals surface area contributed by atoms with E-state index in [1.54, 1.807) is 6.92 Å². The van der Waals surface area contributed by atoms with Gasteiger partial charge in [0.05, 0.1) is 16.7 Å². The molecule has 0 saturated carbocycles. The zero-order valence-electron chi connectivity index (χ0n) is 17.2. The van der Waals surface area contributed by atoms with E-state index >= 15 is 0 Å². The van der Waals surface area contributed by atoms with E-state index < -0.39 is 0 Å². The summed E-state index contributed by atoms with van der Waals surface area (Å²) in [7, 11) is 0. The van der Waals surface area contributed by atoms with Gasteiger partial charge in [-0.2, -0.15) is 0 Å². The van der Waals surface area contributed by atoms with Gasteiger partial charge in [0, 0.05) is 18.5 Å². The molecule has 0 bridgehead atoms. The molecule has 5 aromatic rings. The van der Waals surface area contributed by atoms with Crippen LogP contribution in [0.4, 0.5) is 0 Å². The number of hydrogen-bond donors (Lipinski definition) is 0. The fraction of sp³-hybridized carbons (Fsp3) is 0.208. The first-order chi connectivity index (χ1) is 14.6. The molecule has 0 unspecified atom stereocenters. The molecule has 0 radical (unpaired) electrons. The summed E-state index contributed by atoms with van der Waals surface area (Å²) >= 11 is 0. The first-order valence-corrected chi connectivity index (χ1v) is 10.2. The number of rotatable bonds is 4. The lowest BCUT2D eigenvalue weighted by molar-refractivity contribution is -0.133. The number of imidazole rings is 1. The molecule has 2 aromatic carbocycles. The Balaban J connectivity index is 1.99. The zero-order valence-corrected chi connectivity index (χ0v) is 17.2. The molecule has 0 aliphatic rings. The third kappa shape index (κ3) is 2.60. The predicted octanol–water partition coefficient (Wildman–Crippen LogP) is 5.01. The van der Waals surface area contributed by atoms with Crippen LogP contribution in [0, 0.1) is 6.92 Å². The monoisotopic (exact) mass is 398 g/mol. The Bertz CT molecular complexity index is 1410. The number of aryl methyl sites for hydroxylation is 1. The number of fused-ring (bicyclic) bond motifs is 5. The van der Waals surface area contributed by atoms with Crippen molar-refractivity contribution < 1.29 is 9.53 Å². The standard InChI is InChI=1S/C24H22N4O2/c1-4-19-26-24-21(23-25-17-13-9-10-14-18(17)28(19)23)22(30-20(29)5-2)15(3)27(24)16-11-7-6-8-12-16/h6-14H,4-5H2,1-3H3. The van der Waals surface area contributed by atoms with Crippen molar-refractivity contribution in [1.82, 2.24) is 18.9 Å². The van der Waals surface area contributed by atoms with Crippen LogP contribution in [0.5, 0.6) is 5.75 Å². The van der Waals surface area contributed by atoms with Crippen molar-refractivity contribution in [3.05, 3.63) is 66.1 Å². The van der Waals surface area contributed by atoms with Crippen LogP contribution in [0.1, 0.15) is 31.8 Å². The van der Waals surface area contributed by atoms with E-state index in [0.29, 0.717) is 12.2 Å². The summed E-state index contributed by atoms with van der Waals surface area (Å²) in [5.74, 6) is 1.16. The third-order valence-corrected chi connectivity index (χ3v) is 5.44. The van der Waals surface area contributed by atoms with Gasteiger partial charge in [0.25, 0.3) is 0 Å². The minimum atomic E-state index is -0.279. The molecular formula is C24H22N4O2. The summed E-state index contributed by atoms with van der Waals surface area (Å²) in [6.45, 7) is 5.83. The van der Waals surface area contributed by atoms with Crippen molar-refractivity contribution >= 4 is 33.7 Å². The smallest absolute Gasteiger partial charge is 0.310 e. The van der Waals surface area contributed by atoms with E-state index in [0.717, 1.165) is 51.3 Å². The molecule has 150 valence electrons. The molecule has 0 N–H and O–H groups in total. The Morgan fingerprint density at radius 1 is 0.967 bits per heavy atom. The van der Waals surface area contributed by atoms with Gasteiger partial charge in [-0.25, -0.2) is 9.97 Å². The molecule has 0 aliphatic carbocycles. The molecule has 6 heteroatoms. The van der Waals surface area contributed by atoms with Crippen LogP contribution in [-0.2, 0) is 11.2 Å². The fourth-order valence-corrected chi connectivity index (χ4v) is 4.03. The Labute approximate surface area is 173 Å². The third-order valence-electron chi connectivity index (χ3n) is 5.44. The average Bonchev–Trinajstić information content (AvgIpc) is 3.29. The lowest BCUT2D eigenvalue weighted by Gasteiger charge is -2.09. The van der Waals surface area contributed by atoms with Gasteiger partial charge in [-0.1, -0.05) is 44.2 Å². The first-order valence-electron chi connectivity index (χ1n) is 10.2. The molecular weight excluding hydrogens is 376 g/mol. The second-order valence-electron chi connectivity index (χ2n) is 7.25. The number of carbonyl (C=O) groups is 1. The normalized spacial score (nSPS) is 11.6. The Hall–Kier alpha value is -3.67. The van der Waals surface area contributed by atoms with Gasteiger partial charge in [0.15, 0.2) is 17.0 Å². The number of ether oxygens (including phenoxy) is 1. The van der Waals surface area contributed by atoms with Crippen LogP contribution < -0.4 is 4.74 Å². The summed E-state index contributed by atoms with van der Waals surface area (Å²) in [5, 5.41) is 0.756. The molecule has 5 rings (SSSR count). The highest BCUT2D eigenvalue weighted by molar-refractivity contribution is 6.02. The number of carbonyl (C=O) groups excluding carboxylic acids is 1. The molecule has 6 nitrogen and oxygen atoms in total. The molecule has 0 saturated heterocycles. The second-order valence-corrected chi connectivity index (χ2v) is 7.25. The van der Waals surface area contributed by atoms with Gasteiger partial charge >= 0.3 is 5.97 Å². The maximum Gasteiger partial charge on any atom is 0.310 e. The van der Waals surface area contributed by atoms with Crippen LogP contribution in [-0.4, -0.2) is 24.9 Å². The van der Waals surface area contributed by atoms with Crippen LogP contribution in [0.25, 0.3) is 33.4 Å². The van der Waals surface area contributed by atoms with E-state index in [4.69, 9.17) is 14.7 Å². The van der Waals surface area contributed by atoms with Gasteiger partial charge < -0.3 is 4.74 Å². The fourth-order valence-electron chi connectivity index (χ4n) is 4.03. The maximum atomic E-state index is 12.3. The Morgan fingerprint density at radius 3 is 2.43 bits per heavy atom. The zero-order chi connectivity index (χ0) is 20.8. The summed E-state index contributed by atoms with van der Waals surface area (Å²) in [4.78, 5) is 22.2. The van der Waals surface area contributed by atoms with Crippen molar-refractivity contribution in [2.75, 3.05) is 0 Å². The molecule has 0 spiro atoms. The van der Waals surface area contributed by atoms with Crippen LogP contribution in [0.3, 0.4) is 0 Å². The quantitative estimate of drug-likeness (QED) is 0.399. The summed E-state index contributed by atoms with van der Waals surface area (Å²) in [6, 6.07) is 18.0. The first kappa shape index (κ1) is 18.4. The van der Waals surface area contributed by atoms with Gasteiger partial charge in [-0.3, -0.25) is 13.8 Å². The largest absolute Gasteiger partial charge is 0.424 e. The van der Waals surface area contributed by atoms with Crippen molar-refractivity contribution in [3.8, 4) is 11.4 Å². The number of benzene rings is 2. The van der Waals surface area contributed by atoms with E-state index in [1.807, 2.05) is 66.1 Å². The van der Waals surface area contributed by atoms with Crippen molar-refractivity contribution in [1.29, 1.82) is 0 Å². The molecule has 0 aliphatic heterocycles. The second kappa shape index (κ2) is 6.99. The Morgan fingerprint density at radius 2 is 1.70 bits per heavy atom. The molecule has 0 atom stereocenters. The molecule has 0 fully saturated rings. The van der Waals surface area contributed by atoms with Crippen LogP contribution in [0.2, 0.25) is 0 Å². The summed E-state index contributed by atoms with van der Waals surface area (Å²) in [6.07, 6.45) is 1.04. The molecule has 0 amide bonds. The van der Waals surface area contributed by atoms with Crippen LogP contribution >= 0.6 is 0 Å². The average molecular weight is 398 g/mol. The van der Waals surface area contributed by atoms with Crippen LogP contribution in [0.15, 0.2) is 54.6 Å². The molecule has 3 aromatic heterocycles. The highest BCUT2D eigenvalue weighted by Crippen LogP contribution is 2.38. The van der Waals surface area contributed by atoms with Gasteiger partial charge in [0.1, 0.15) is 11.2 Å². The number of para-hydroxylation sites is 3. The number of esters is 1. The van der Waals surface area contributed by atoms with E-state index in [1.165, 1.54) is 0 Å². The molecule has 3 heterocycles. The van der Waals surface area contributed by atoms with E-state index in [9.17, 15) is 4.79 Å². The van der Waals surface area contributed by atoms with Gasteiger partial charge in [0.2, 0.25) is 0 Å². The number of aromatic nitrogens is 4. The lowest BCUT2D eigenvalue weighted by atomic mass is 10.3. The van der Waals surface area contributed by atoms with Crippen molar-refractivity contribution in [2.45, 2.75) is 33.6 Å². The number of hydrogen-bond acceptors (Lipinski definition) is 4. The highest BCUT2D eigenvalue weighted by Gasteiger charge is 2.25. The minimum Gasteiger partial charge on any atom is -0.424 e. The molecule has 30 heavy (non-hydrogen) atoms. The SMILES string of the molecule is CCC(=O)Oc1c(C)n(-c2ccccc2)c2nc(CC)n3c4ccccc4nc3c12. The lowest BCUT2D eigenvalue weighted by Crippen LogP contribution is -2.07. The predicted molar refractivity (Wildman–Crippen MR) is 117 cm³/mol. The maximum absolute atomic E-state index is 12.3. The Kier molecular flexibility index (Phi) is 4.28. The topological polar surface area (TPSA) is 61.4 Å². The summed E-state index contributed by atoms with van der Waals surface area (Å²) in [5.41, 5.74) is 5.18. The highest BCUT2D eigenvalue weighted by atomic mass is 16.5.